The van der Waals surface area contributed by atoms with Crippen LogP contribution in [0.3, 0.4) is 0 Å². The molecule has 1 amide bonds. The third-order valence-corrected chi connectivity index (χ3v) is 8.89. The zero-order valence-electron chi connectivity index (χ0n) is 18.4. The van der Waals surface area contributed by atoms with E-state index in [4.69, 9.17) is 4.74 Å². The molecular weight excluding hydrogens is 458 g/mol. The number of hydrogen-bond acceptors (Lipinski definition) is 6. The Morgan fingerprint density at radius 3 is 2.76 bits per heavy atom. The molecule has 0 spiro atoms. The summed E-state index contributed by atoms with van der Waals surface area (Å²) in [4.78, 5) is 18.0. The molecule has 1 atom stereocenters. The summed E-state index contributed by atoms with van der Waals surface area (Å²) in [6.07, 6.45) is 2.98. The highest BCUT2D eigenvalue weighted by atomic mass is 32.2. The zero-order chi connectivity index (χ0) is 23.3. The Morgan fingerprint density at radius 1 is 1.18 bits per heavy atom. The van der Waals surface area contributed by atoms with E-state index in [2.05, 4.69) is 10.3 Å². The van der Waals surface area contributed by atoms with Crippen LogP contribution >= 0.6 is 11.3 Å². The largest absolute Gasteiger partial charge is 0.473 e. The molecule has 1 aliphatic rings. The Hall–Kier alpha value is -2.75. The molecular formula is C24H27N3O4S2. The van der Waals surface area contributed by atoms with Gasteiger partial charge in [0.15, 0.2) is 0 Å². The molecule has 174 valence electrons. The smallest absolute Gasteiger partial charge is 0.252 e. The van der Waals surface area contributed by atoms with Crippen LogP contribution in [0.25, 0.3) is 0 Å². The van der Waals surface area contributed by atoms with Gasteiger partial charge < -0.3 is 10.1 Å². The first-order chi connectivity index (χ1) is 15.9. The van der Waals surface area contributed by atoms with Crippen molar-refractivity contribution in [3.05, 3.63) is 76.8 Å². The van der Waals surface area contributed by atoms with Gasteiger partial charge in [0.1, 0.15) is 10.8 Å². The molecule has 33 heavy (non-hydrogen) atoms. The van der Waals surface area contributed by atoms with Gasteiger partial charge in [-0.1, -0.05) is 30.3 Å². The lowest BCUT2D eigenvalue weighted by Crippen LogP contribution is -2.45. The first-order valence-electron chi connectivity index (χ1n) is 10.9. The van der Waals surface area contributed by atoms with Crippen molar-refractivity contribution in [1.29, 1.82) is 0 Å². The number of amides is 1. The predicted octanol–water partition coefficient (Wildman–Crippen LogP) is 3.75. The van der Waals surface area contributed by atoms with Gasteiger partial charge in [-0.15, -0.1) is 11.3 Å². The van der Waals surface area contributed by atoms with Gasteiger partial charge >= 0.3 is 0 Å². The predicted molar refractivity (Wildman–Crippen MR) is 127 cm³/mol. The summed E-state index contributed by atoms with van der Waals surface area (Å²) in [6, 6.07) is 16.9. The van der Waals surface area contributed by atoms with Gasteiger partial charge in [0.05, 0.1) is 5.92 Å². The molecule has 1 saturated heterocycles. The van der Waals surface area contributed by atoms with E-state index in [0.717, 1.165) is 16.0 Å². The van der Waals surface area contributed by atoms with Crippen molar-refractivity contribution in [1.82, 2.24) is 14.6 Å². The molecule has 0 saturated carbocycles. The number of carbonyl (C=O) groups excluding carboxylic acids is 1. The van der Waals surface area contributed by atoms with E-state index in [1.165, 1.54) is 15.6 Å². The van der Waals surface area contributed by atoms with Gasteiger partial charge in [-0.05, 0) is 49.1 Å². The molecule has 1 fully saturated rings. The number of benzene rings is 1. The Balaban J connectivity index is 1.32. The normalized spacial score (nSPS) is 16.9. The summed E-state index contributed by atoms with van der Waals surface area (Å²) < 4.78 is 33.4. The number of aryl methyl sites for hydroxylation is 1. The van der Waals surface area contributed by atoms with E-state index in [1.807, 2.05) is 43.3 Å². The van der Waals surface area contributed by atoms with Crippen LogP contribution in [0.15, 0.2) is 65.0 Å². The highest BCUT2D eigenvalue weighted by molar-refractivity contribution is 7.91. The van der Waals surface area contributed by atoms with Gasteiger partial charge in [0, 0.05) is 36.8 Å². The van der Waals surface area contributed by atoms with Crippen LogP contribution in [0.5, 0.6) is 5.88 Å². The molecule has 3 aromatic rings. The van der Waals surface area contributed by atoms with Crippen molar-refractivity contribution in [3.63, 3.8) is 0 Å². The Morgan fingerprint density at radius 2 is 2.00 bits per heavy atom. The lowest BCUT2D eigenvalue weighted by molar-refractivity contribution is -0.126. The van der Waals surface area contributed by atoms with Crippen LogP contribution in [0.4, 0.5) is 0 Å². The summed E-state index contributed by atoms with van der Waals surface area (Å²) in [5, 5.41) is 2.94. The van der Waals surface area contributed by atoms with E-state index in [9.17, 15) is 13.2 Å². The molecule has 1 N–H and O–H groups in total. The molecule has 0 aliphatic carbocycles. The van der Waals surface area contributed by atoms with Crippen LogP contribution in [-0.2, 0) is 28.0 Å². The maximum atomic E-state index is 12.9. The highest BCUT2D eigenvalue weighted by Crippen LogP contribution is 2.28. The Labute approximate surface area is 198 Å². The number of sulfonamides is 1. The number of nitrogens with zero attached hydrogens (tertiary/aromatic N) is 2. The fourth-order valence-electron chi connectivity index (χ4n) is 3.76. The third kappa shape index (κ3) is 5.98. The van der Waals surface area contributed by atoms with Crippen LogP contribution < -0.4 is 10.1 Å². The molecule has 3 heterocycles. The first-order valence-corrected chi connectivity index (χ1v) is 13.1. The Kier molecular flexibility index (Phi) is 7.42. The topological polar surface area (TPSA) is 88.6 Å². The van der Waals surface area contributed by atoms with Crippen molar-refractivity contribution in [2.45, 2.75) is 37.1 Å². The number of ether oxygens (including phenoxy) is 1. The van der Waals surface area contributed by atoms with Crippen LogP contribution in [-0.4, -0.2) is 36.7 Å². The van der Waals surface area contributed by atoms with Gasteiger partial charge in [-0.25, -0.2) is 13.4 Å². The molecule has 2 aromatic heterocycles. The summed E-state index contributed by atoms with van der Waals surface area (Å²) >= 11 is 1.26. The average Bonchev–Trinajstić information content (AvgIpc) is 3.29. The number of pyridine rings is 1. The number of piperidine rings is 1. The molecule has 9 heteroatoms. The van der Waals surface area contributed by atoms with Crippen molar-refractivity contribution in [2.75, 3.05) is 13.1 Å². The summed E-state index contributed by atoms with van der Waals surface area (Å²) in [6.45, 7) is 3.27. The van der Waals surface area contributed by atoms with E-state index in [0.29, 0.717) is 42.6 Å². The van der Waals surface area contributed by atoms with Gasteiger partial charge in [0.2, 0.25) is 11.8 Å². The number of aromatic nitrogens is 1. The zero-order valence-corrected chi connectivity index (χ0v) is 20.1. The Bertz CT molecular complexity index is 1200. The number of thiophene rings is 1. The van der Waals surface area contributed by atoms with Gasteiger partial charge in [-0.2, -0.15) is 4.31 Å². The van der Waals surface area contributed by atoms with Gasteiger partial charge in [0.25, 0.3) is 10.0 Å². The van der Waals surface area contributed by atoms with Crippen molar-refractivity contribution in [3.8, 4) is 5.88 Å². The first kappa shape index (κ1) is 23.4. The second-order valence-corrected chi connectivity index (χ2v) is 11.5. The monoisotopic (exact) mass is 485 g/mol. The molecule has 0 radical (unpaired) electrons. The van der Waals surface area contributed by atoms with Gasteiger partial charge in [-0.3, -0.25) is 4.79 Å². The summed E-state index contributed by atoms with van der Waals surface area (Å²) in [7, 11) is -3.56. The van der Waals surface area contributed by atoms with Crippen molar-refractivity contribution < 1.29 is 17.9 Å². The fourth-order valence-corrected chi connectivity index (χ4v) is 6.72. The van der Waals surface area contributed by atoms with E-state index >= 15 is 0 Å². The lowest BCUT2D eigenvalue weighted by Gasteiger charge is -2.30. The van der Waals surface area contributed by atoms with Crippen LogP contribution in [0.2, 0.25) is 0 Å². The average molecular weight is 486 g/mol. The van der Waals surface area contributed by atoms with Crippen molar-refractivity contribution >= 4 is 27.3 Å². The highest BCUT2D eigenvalue weighted by Gasteiger charge is 2.33. The number of hydrogen-bond donors (Lipinski definition) is 1. The lowest BCUT2D eigenvalue weighted by atomic mass is 9.99. The molecule has 1 aliphatic heterocycles. The molecule has 1 unspecified atom stereocenters. The maximum Gasteiger partial charge on any atom is 0.252 e. The second-order valence-electron chi connectivity index (χ2n) is 8.06. The minimum absolute atomic E-state index is 0.138. The second kappa shape index (κ2) is 10.5. The SMILES string of the molecule is Cc1ccc(S(=O)(=O)N2CCCC(C(=O)NCc3ccnc(OCc4ccccc4)c3)C2)s1. The molecule has 7 nitrogen and oxygen atoms in total. The minimum Gasteiger partial charge on any atom is -0.473 e. The number of nitrogens with one attached hydrogen (secondary N) is 1. The van der Waals surface area contributed by atoms with E-state index < -0.39 is 10.0 Å². The maximum absolute atomic E-state index is 12.9. The van der Waals surface area contributed by atoms with Crippen molar-refractivity contribution in [2.24, 2.45) is 5.92 Å². The van der Waals surface area contributed by atoms with Crippen LogP contribution in [0, 0.1) is 12.8 Å². The minimum atomic E-state index is -3.56. The molecule has 1 aromatic carbocycles. The fraction of sp³-hybridized carbons (Fsp3) is 0.333. The third-order valence-electron chi connectivity index (χ3n) is 5.56. The summed E-state index contributed by atoms with van der Waals surface area (Å²) in [5.41, 5.74) is 1.92. The van der Waals surface area contributed by atoms with Crippen LogP contribution in [0.1, 0.15) is 28.8 Å². The van der Waals surface area contributed by atoms with E-state index in [-0.39, 0.29) is 18.4 Å². The number of carbonyl (C=O) groups is 1. The standard InChI is InChI=1S/C24H27N3O4S2/c1-18-9-10-23(32-18)33(29,30)27-13-5-8-21(16-27)24(28)26-15-20-11-12-25-22(14-20)31-17-19-6-3-2-4-7-19/h2-4,6-7,9-12,14,21H,5,8,13,15-17H2,1H3,(H,26,28). The van der Waals surface area contributed by atoms with E-state index in [1.54, 1.807) is 24.4 Å². The number of rotatable bonds is 8. The molecule has 0 bridgehead atoms. The molecule has 4 rings (SSSR count). The quantitative estimate of drug-likeness (QED) is 0.525. The summed E-state index contributed by atoms with van der Waals surface area (Å²) in [5.74, 6) is -0.0159.